The zero-order valence-electron chi connectivity index (χ0n) is 12.4. The Morgan fingerprint density at radius 1 is 1.05 bits per heavy atom. The molecule has 0 aliphatic carbocycles. The topological polar surface area (TPSA) is 86.6 Å². The van der Waals surface area contributed by atoms with Gasteiger partial charge >= 0.3 is 0 Å². The standard InChI is InChI=1S/C15H20O7/c1-18-9-5-3-8(4-6-9)14-20-7-10-13(22-14)11(16)12(17)15(19-2)21-10/h3-6,10-17H,7H2,1-2H3/t10-,11-,12-,13-,14?,15+/m1/s1. The molecule has 7 heteroatoms. The molecular weight excluding hydrogens is 292 g/mol. The summed E-state index contributed by atoms with van der Waals surface area (Å²) >= 11 is 0. The lowest BCUT2D eigenvalue weighted by atomic mass is 9.98. The summed E-state index contributed by atoms with van der Waals surface area (Å²) in [5.74, 6) is 0.733. The van der Waals surface area contributed by atoms with E-state index in [1.807, 2.05) is 12.1 Å². The predicted molar refractivity (Wildman–Crippen MR) is 74.2 cm³/mol. The largest absolute Gasteiger partial charge is 0.497 e. The van der Waals surface area contributed by atoms with Crippen LogP contribution in [0.25, 0.3) is 0 Å². The maximum Gasteiger partial charge on any atom is 0.186 e. The van der Waals surface area contributed by atoms with Gasteiger partial charge in [0.05, 0.1) is 13.7 Å². The Morgan fingerprint density at radius 2 is 1.77 bits per heavy atom. The van der Waals surface area contributed by atoms with Crippen LogP contribution in [0.2, 0.25) is 0 Å². The molecule has 2 heterocycles. The highest BCUT2D eigenvalue weighted by molar-refractivity contribution is 5.28. The first kappa shape index (κ1) is 15.7. The first-order valence-corrected chi connectivity index (χ1v) is 7.09. The number of methoxy groups -OCH3 is 2. The monoisotopic (exact) mass is 312 g/mol. The van der Waals surface area contributed by atoms with Gasteiger partial charge in [0.1, 0.15) is 30.2 Å². The van der Waals surface area contributed by atoms with Crippen LogP contribution in [0.3, 0.4) is 0 Å². The molecule has 0 spiro atoms. The molecule has 2 aliphatic heterocycles. The van der Waals surface area contributed by atoms with E-state index in [0.717, 1.165) is 11.3 Å². The van der Waals surface area contributed by atoms with Crippen LogP contribution in [0.15, 0.2) is 24.3 Å². The average molecular weight is 312 g/mol. The van der Waals surface area contributed by atoms with E-state index in [9.17, 15) is 10.2 Å². The first-order chi connectivity index (χ1) is 10.6. The Labute approximate surface area is 128 Å². The van der Waals surface area contributed by atoms with Gasteiger partial charge in [-0.05, 0) is 12.1 Å². The molecule has 0 amide bonds. The van der Waals surface area contributed by atoms with E-state index < -0.39 is 37.0 Å². The third-order valence-corrected chi connectivity index (χ3v) is 3.95. The van der Waals surface area contributed by atoms with Crippen LogP contribution < -0.4 is 4.74 Å². The Bertz CT molecular complexity index is 489. The zero-order chi connectivity index (χ0) is 15.7. The van der Waals surface area contributed by atoms with E-state index in [1.165, 1.54) is 7.11 Å². The highest BCUT2D eigenvalue weighted by Gasteiger charge is 2.48. The molecule has 1 unspecified atom stereocenters. The maximum atomic E-state index is 10.2. The summed E-state index contributed by atoms with van der Waals surface area (Å²) in [6.45, 7) is 0.241. The van der Waals surface area contributed by atoms with Gasteiger partial charge in [-0.2, -0.15) is 0 Å². The Morgan fingerprint density at radius 3 is 2.41 bits per heavy atom. The van der Waals surface area contributed by atoms with Gasteiger partial charge in [0.25, 0.3) is 0 Å². The molecule has 2 saturated heterocycles. The van der Waals surface area contributed by atoms with Crippen LogP contribution in [0.1, 0.15) is 11.9 Å². The summed E-state index contributed by atoms with van der Waals surface area (Å²) in [4.78, 5) is 0. The average Bonchev–Trinajstić information content (AvgIpc) is 2.58. The van der Waals surface area contributed by atoms with Crippen molar-refractivity contribution in [2.75, 3.05) is 20.8 Å². The van der Waals surface area contributed by atoms with E-state index in [0.29, 0.717) is 0 Å². The highest BCUT2D eigenvalue weighted by atomic mass is 16.7. The minimum absolute atomic E-state index is 0.241. The van der Waals surface area contributed by atoms with Crippen molar-refractivity contribution in [1.29, 1.82) is 0 Å². The van der Waals surface area contributed by atoms with Crippen molar-refractivity contribution < 1.29 is 33.9 Å². The molecule has 0 saturated carbocycles. The van der Waals surface area contributed by atoms with E-state index in [1.54, 1.807) is 19.2 Å². The van der Waals surface area contributed by atoms with Crippen LogP contribution in [-0.4, -0.2) is 61.7 Å². The normalized spacial score (nSPS) is 38.4. The maximum absolute atomic E-state index is 10.2. The molecular formula is C15H20O7. The van der Waals surface area contributed by atoms with E-state index in [-0.39, 0.29) is 6.61 Å². The fraction of sp³-hybridized carbons (Fsp3) is 0.600. The summed E-state index contributed by atoms with van der Waals surface area (Å²) < 4.78 is 27.1. The lowest BCUT2D eigenvalue weighted by Crippen LogP contribution is -2.62. The number of fused-ring (bicyclic) bond motifs is 1. The number of aliphatic hydroxyl groups excluding tert-OH is 2. The fourth-order valence-corrected chi connectivity index (χ4v) is 2.70. The van der Waals surface area contributed by atoms with Crippen LogP contribution in [0.4, 0.5) is 0 Å². The Balaban J connectivity index is 1.72. The summed E-state index contributed by atoms with van der Waals surface area (Å²) in [5.41, 5.74) is 0.801. The van der Waals surface area contributed by atoms with Crippen LogP contribution in [-0.2, 0) is 18.9 Å². The van der Waals surface area contributed by atoms with Gasteiger partial charge in [-0.3, -0.25) is 0 Å². The summed E-state index contributed by atoms with van der Waals surface area (Å²) in [7, 11) is 3.00. The lowest BCUT2D eigenvalue weighted by Gasteiger charge is -2.45. The molecule has 6 atom stereocenters. The van der Waals surface area contributed by atoms with Crippen molar-refractivity contribution in [3.8, 4) is 5.75 Å². The third-order valence-electron chi connectivity index (χ3n) is 3.95. The molecule has 22 heavy (non-hydrogen) atoms. The second kappa shape index (κ2) is 6.49. The smallest absolute Gasteiger partial charge is 0.186 e. The molecule has 0 aromatic heterocycles. The Hall–Kier alpha value is -1.22. The molecule has 0 radical (unpaired) electrons. The molecule has 2 N–H and O–H groups in total. The van der Waals surface area contributed by atoms with E-state index in [4.69, 9.17) is 23.7 Å². The molecule has 0 bridgehead atoms. The van der Waals surface area contributed by atoms with Gasteiger partial charge in [0, 0.05) is 12.7 Å². The van der Waals surface area contributed by atoms with Crippen LogP contribution in [0.5, 0.6) is 5.75 Å². The number of rotatable bonds is 3. The quantitative estimate of drug-likeness (QED) is 0.824. The number of benzene rings is 1. The summed E-state index contributed by atoms with van der Waals surface area (Å²) in [6, 6.07) is 7.26. The molecule has 2 aliphatic rings. The van der Waals surface area contributed by atoms with Crippen molar-refractivity contribution >= 4 is 0 Å². The zero-order valence-corrected chi connectivity index (χ0v) is 12.4. The molecule has 122 valence electrons. The van der Waals surface area contributed by atoms with Crippen molar-refractivity contribution in [1.82, 2.24) is 0 Å². The first-order valence-electron chi connectivity index (χ1n) is 7.09. The number of aliphatic hydroxyl groups is 2. The summed E-state index contributed by atoms with van der Waals surface area (Å²) in [6.07, 6.45) is -4.95. The van der Waals surface area contributed by atoms with Gasteiger partial charge in [0.2, 0.25) is 0 Å². The minimum Gasteiger partial charge on any atom is -0.497 e. The van der Waals surface area contributed by atoms with Crippen LogP contribution >= 0.6 is 0 Å². The highest BCUT2D eigenvalue weighted by Crippen LogP contribution is 2.34. The van der Waals surface area contributed by atoms with Crippen molar-refractivity contribution in [3.05, 3.63) is 29.8 Å². The van der Waals surface area contributed by atoms with Gasteiger partial charge in [0.15, 0.2) is 12.6 Å². The van der Waals surface area contributed by atoms with Gasteiger partial charge in [-0.25, -0.2) is 0 Å². The van der Waals surface area contributed by atoms with Crippen LogP contribution in [0, 0.1) is 0 Å². The molecule has 1 aromatic carbocycles. The molecule has 3 rings (SSSR count). The summed E-state index contributed by atoms with van der Waals surface area (Å²) in [5, 5.41) is 20.2. The lowest BCUT2D eigenvalue weighted by molar-refractivity contribution is -0.358. The Kier molecular flexibility index (Phi) is 4.62. The number of hydrogen-bond acceptors (Lipinski definition) is 7. The van der Waals surface area contributed by atoms with E-state index in [2.05, 4.69) is 0 Å². The predicted octanol–water partition coefficient (Wildman–Crippen LogP) is 0.202. The van der Waals surface area contributed by atoms with Gasteiger partial charge in [-0.15, -0.1) is 0 Å². The third kappa shape index (κ3) is 2.83. The minimum atomic E-state index is -1.17. The second-order valence-electron chi connectivity index (χ2n) is 5.30. The molecule has 7 nitrogen and oxygen atoms in total. The number of ether oxygens (including phenoxy) is 5. The van der Waals surface area contributed by atoms with Crippen molar-refractivity contribution in [2.45, 2.75) is 37.0 Å². The SMILES string of the molecule is COc1ccc(C2OC[C@H]3O[C@H](OC)[C@H](O)[C@@H](O)[C@@H]3O2)cc1. The van der Waals surface area contributed by atoms with Crippen molar-refractivity contribution in [3.63, 3.8) is 0 Å². The fourth-order valence-electron chi connectivity index (χ4n) is 2.70. The van der Waals surface area contributed by atoms with E-state index >= 15 is 0 Å². The number of hydrogen-bond donors (Lipinski definition) is 2. The molecule has 1 aromatic rings. The van der Waals surface area contributed by atoms with Crippen molar-refractivity contribution in [2.24, 2.45) is 0 Å². The van der Waals surface area contributed by atoms with Gasteiger partial charge in [-0.1, -0.05) is 12.1 Å². The molecule has 2 fully saturated rings. The second-order valence-corrected chi connectivity index (χ2v) is 5.30. The van der Waals surface area contributed by atoms with Gasteiger partial charge < -0.3 is 33.9 Å².